The standard InChI is InChI=1S/C19H17Cl2NO5/c1-11(23)12-6-7-16(26-2)13(8-12)9-18(25)27-10-17(24)22-15-5-3-4-14(20)19(15)21/h3-8H,9-10H2,1-2H3,(H,22,24). The van der Waals surface area contributed by atoms with Gasteiger partial charge in [0.25, 0.3) is 5.91 Å². The van der Waals surface area contributed by atoms with Crippen molar-refractivity contribution in [2.75, 3.05) is 19.0 Å². The highest BCUT2D eigenvalue weighted by atomic mass is 35.5. The number of benzene rings is 2. The molecule has 0 aliphatic rings. The summed E-state index contributed by atoms with van der Waals surface area (Å²) >= 11 is 11.9. The molecule has 0 saturated carbocycles. The summed E-state index contributed by atoms with van der Waals surface area (Å²) in [6, 6.07) is 9.57. The quantitative estimate of drug-likeness (QED) is 0.553. The van der Waals surface area contributed by atoms with Crippen molar-refractivity contribution in [3.8, 4) is 5.75 Å². The van der Waals surface area contributed by atoms with E-state index < -0.39 is 18.5 Å². The largest absolute Gasteiger partial charge is 0.496 e. The zero-order chi connectivity index (χ0) is 20.0. The van der Waals surface area contributed by atoms with E-state index in [0.29, 0.717) is 27.6 Å². The molecule has 0 saturated heterocycles. The van der Waals surface area contributed by atoms with E-state index in [4.69, 9.17) is 32.7 Å². The summed E-state index contributed by atoms with van der Waals surface area (Å²) in [5.41, 5.74) is 1.27. The predicted molar refractivity (Wildman–Crippen MR) is 103 cm³/mol. The lowest BCUT2D eigenvalue weighted by molar-refractivity contribution is -0.146. The SMILES string of the molecule is COc1ccc(C(C)=O)cc1CC(=O)OCC(=O)Nc1cccc(Cl)c1Cl. The normalized spacial score (nSPS) is 10.2. The van der Waals surface area contributed by atoms with E-state index in [1.54, 1.807) is 36.4 Å². The number of ether oxygens (including phenoxy) is 2. The van der Waals surface area contributed by atoms with Crippen LogP contribution in [0.15, 0.2) is 36.4 Å². The topological polar surface area (TPSA) is 81.7 Å². The van der Waals surface area contributed by atoms with Gasteiger partial charge in [-0.2, -0.15) is 0 Å². The van der Waals surface area contributed by atoms with Crippen LogP contribution in [-0.2, 0) is 20.7 Å². The second kappa shape index (κ2) is 9.39. The van der Waals surface area contributed by atoms with Gasteiger partial charge in [0.2, 0.25) is 0 Å². The first kappa shape index (κ1) is 20.7. The molecule has 1 N–H and O–H groups in total. The van der Waals surface area contributed by atoms with E-state index in [9.17, 15) is 14.4 Å². The van der Waals surface area contributed by atoms with Crippen LogP contribution in [0.5, 0.6) is 5.75 Å². The molecular weight excluding hydrogens is 393 g/mol. The number of ketones is 1. The van der Waals surface area contributed by atoms with Gasteiger partial charge in [-0.1, -0.05) is 29.3 Å². The number of halogens is 2. The van der Waals surface area contributed by atoms with Gasteiger partial charge in [-0.05, 0) is 37.3 Å². The molecule has 142 valence electrons. The maximum Gasteiger partial charge on any atom is 0.310 e. The zero-order valence-corrected chi connectivity index (χ0v) is 16.2. The Bertz CT molecular complexity index is 882. The molecule has 27 heavy (non-hydrogen) atoms. The third kappa shape index (κ3) is 5.70. The average molecular weight is 410 g/mol. The monoisotopic (exact) mass is 409 g/mol. The van der Waals surface area contributed by atoms with Gasteiger partial charge >= 0.3 is 5.97 Å². The highest BCUT2D eigenvalue weighted by molar-refractivity contribution is 6.44. The summed E-state index contributed by atoms with van der Waals surface area (Å²) < 4.78 is 10.2. The van der Waals surface area contributed by atoms with E-state index in [1.165, 1.54) is 14.0 Å². The molecule has 0 fully saturated rings. The fourth-order valence-corrected chi connectivity index (χ4v) is 2.62. The molecule has 0 bridgehead atoms. The Kier molecular flexibility index (Phi) is 7.21. The van der Waals surface area contributed by atoms with Crippen LogP contribution >= 0.6 is 23.2 Å². The lowest BCUT2D eigenvalue weighted by Gasteiger charge is -2.11. The van der Waals surface area contributed by atoms with Crippen molar-refractivity contribution in [1.82, 2.24) is 0 Å². The summed E-state index contributed by atoms with van der Waals surface area (Å²) in [7, 11) is 1.46. The van der Waals surface area contributed by atoms with Crippen LogP contribution in [0.3, 0.4) is 0 Å². The summed E-state index contributed by atoms with van der Waals surface area (Å²) in [6.45, 7) is 0.936. The first-order valence-electron chi connectivity index (χ1n) is 7.89. The highest BCUT2D eigenvalue weighted by Crippen LogP contribution is 2.29. The Hall–Kier alpha value is -2.57. The van der Waals surface area contributed by atoms with Crippen LogP contribution < -0.4 is 10.1 Å². The van der Waals surface area contributed by atoms with Crippen molar-refractivity contribution < 1.29 is 23.9 Å². The number of hydrogen-bond donors (Lipinski definition) is 1. The first-order valence-corrected chi connectivity index (χ1v) is 8.64. The lowest BCUT2D eigenvalue weighted by Crippen LogP contribution is -2.22. The molecule has 0 heterocycles. The molecule has 2 aromatic rings. The van der Waals surface area contributed by atoms with Crippen LogP contribution in [0.4, 0.5) is 5.69 Å². The van der Waals surface area contributed by atoms with Crippen molar-refractivity contribution in [3.05, 3.63) is 57.6 Å². The number of carbonyl (C=O) groups excluding carboxylic acids is 3. The molecule has 0 atom stereocenters. The molecule has 0 unspecified atom stereocenters. The molecule has 0 radical (unpaired) electrons. The average Bonchev–Trinajstić information content (AvgIpc) is 2.63. The van der Waals surface area contributed by atoms with Crippen LogP contribution in [0, 0.1) is 0 Å². The number of carbonyl (C=O) groups is 3. The van der Waals surface area contributed by atoms with Gasteiger partial charge in [-0.25, -0.2) is 0 Å². The fraction of sp³-hybridized carbons (Fsp3) is 0.211. The number of amides is 1. The Morgan fingerprint density at radius 1 is 1.11 bits per heavy atom. The van der Waals surface area contributed by atoms with Crippen LogP contribution in [0.1, 0.15) is 22.8 Å². The first-order chi connectivity index (χ1) is 12.8. The number of nitrogens with one attached hydrogen (secondary N) is 1. The third-order valence-corrected chi connectivity index (χ3v) is 4.43. The van der Waals surface area contributed by atoms with Crippen molar-refractivity contribution in [1.29, 1.82) is 0 Å². The minimum Gasteiger partial charge on any atom is -0.496 e. The number of methoxy groups -OCH3 is 1. The highest BCUT2D eigenvalue weighted by Gasteiger charge is 2.15. The van der Waals surface area contributed by atoms with Crippen molar-refractivity contribution in [2.24, 2.45) is 0 Å². The Morgan fingerprint density at radius 3 is 2.52 bits per heavy atom. The fourth-order valence-electron chi connectivity index (χ4n) is 2.27. The van der Waals surface area contributed by atoms with E-state index in [0.717, 1.165) is 0 Å². The van der Waals surface area contributed by atoms with E-state index >= 15 is 0 Å². The molecular formula is C19H17Cl2NO5. The molecule has 2 aromatic carbocycles. The molecule has 0 aliphatic carbocycles. The number of hydrogen-bond acceptors (Lipinski definition) is 5. The van der Waals surface area contributed by atoms with Gasteiger partial charge in [0.1, 0.15) is 5.75 Å². The predicted octanol–water partition coefficient (Wildman–Crippen LogP) is 3.93. The molecule has 0 aliphatic heterocycles. The van der Waals surface area contributed by atoms with Gasteiger partial charge in [0.05, 0.1) is 29.3 Å². The zero-order valence-electron chi connectivity index (χ0n) is 14.7. The van der Waals surface area contributed by atoms with E-state index in [2.05, 4.69) is 5.32 Å². The lowest BCUT2D eigenvalue weighted by atomic mass is 10.0. The van der Waals surface area contributed by atoms with Crippen LogP contribution in [0.2, 0.25) is 10.0 Å². The Labute approximate surface area is 166 Å². The second-order valence-corrected chi connectivity index (χ2v) is 6.35. The molecule has 0 aromatic heterocycles. The van der Waals surface area contributed by atoms with Gasteiger partial charge in [-0.3, -0.25) is 14.4 Å². The van der Waals surface area contributed by atoms with Gasteiger partial charge < -0.3 is 14.8 Å². The third-order valence-electron chi connectivity index (χ3n) is 3.61. The molecule has 2 rings (SSSR count). The van der Waals surface area contributed by atoms with E-state index in [-0.39, 0.29) is 17.2 Å². The number of Topliss-reactive ketones (excluding diaryl/α,β-unsaturated/α-hetero) is 1. The summed E-state index contributed by atoms with van der Waals surface area (Å²) in [4.78, 5) is 35.5. The van der Waals surface area contributed by atoms with Crippen molar-refractivity contribution in [2.45, 2.75) is 13.3 Å². The minimum absolute atomic E-state index is 0.134. The van der Waals surface area contributed by atoms with Gasteiger partial charge in [0.15, 0.2) is 12.4 Å². The molecule has 1 amide bonds. The van der Waals surface area contributed by atoms with E-state index in [1.807, 2.05) is 0 Å². The Balaban J connectivity index is 1.96. The van der Waals surface area contributed by atoms with Crippen molar-refractivity contribution in [3.63, 3.8) is 0 Å². The minimum atomic E-state index is -0.638. The summed E-state index contributed by atoms with van der Waals surface area (Å²) in [5, 5.41) is 3.01. The maximum absolute atomic E-state index is 12.0. The number of anilines is 1. The smallest absolute Gasteiger partial charge is 0.310 e. The van der Waals surface area contributed by atoms with Gasteiger partial charge in [-0.15, -0.1) is 0 Å². The second-order valence-electron chi connectivity index (χ2n) is 5.57. The number of esters is 1. The number of rotatable bonds is 7. The maximum atomic E-state index is 12.0. The van der Waals surface area contributed by atoms with Crippen LogP contribution in [-0.4, -0.2) is 31.4 Å². The summed E-state index contributed by atoms with van der Waals surface area (Å²) in [6.07, 6.45) is -0.143. The van der Waals surface area contributed by atoms with Gasteiger partial charge in [0, 0.05) is 11.1 Å². The molecule has 8 heteroatoms. The molecule has 6 nitrogen and oxygen atoms in total. The van der Waals surface area contributed by atoms with Crippen LogP contribution in [0.25, 0.3) is 0 Å². The summed E-state index contributed by atoms with van der Waals surface area (Å²) in [5.74, 6) is -0.879. The van der Waals surface area contributed by atoms with Crippen molar-refractivity contribution >= 4 is 46.5 Å². The Morgan fingerprint density at radius 2 is 1.85 bits per heavy atom. The molecule has 0 spiro atoms.